The third kappa shape index (κ3) is 3.55. The van der Waals surface area contributed by atoms with E-state index in [1.165, 1.54) is 0 Å². The smallest absolute Gasteiger partial charge is 0.227 e. The van der Waals surface area contributed by atoms with Gasteiger partial charge in [-0.15, -0.1) is 0 Å². The summed E-state index contributed by atoms with van der Waals surface area (Å²) in [6.45, 7) is 2.38. The Labute approximate surface area is 112 Å². The number of nitrogens with two attached hydrogens (primary N) is 1. The second kappa shape index (κ2) is 6.00. The SMILES string of the molecule is CC(C(=O)NCc1ccncc1)c1cccc(N)c1. The number of rotatable bonds is 4. The Balaban J connectivity index is 1.96. The van der Waals surface area contributed by atoms with Gasteiger partial charge >= 0.3 is 0 Å². The quantitative estimate of drug-likeness (QED) is 0.822. The van der Waals surface area contributed by atoms with Gasteiger partial charge in [0.15, 0.2) is 0 Å². The molecule has 0 aliphatic rings. The molecular weight excluding hydrogens is 238 g/mol. The fourth-order valence-electron chi connectivity index (χ4n) is 1.82. The first-order chi connectivity index (χ1) is 9.16. The minimum Gasteiger partial charge on any atom is -0.399 e. The first-order valence-corrected chi connectivity index (χ1v) is 6.19. The summed E-state index contributed by atoms with van der Waals surface area (Å²) in [5, 5.41) is 2.91. The number of aromatic nitrogens is 1. The summed E-state index contributed by atoms with van der Waals surface area (Å²) < 4.78 is 0. The van der Waals surface area contributed by atoms with Crippen LogP contribution in [0.1, 0.15) is 24.0 Å². The number of hydrogen-bond acceptors (Lipinski definition) is 3. The van der Waals surface area contributed by atoms with Gasteiger partial charge in [0.2, 0.25) is 5.91 Å². The number of nitrogen functional groups attached to an aromatic ring is 1. The molecule has 0 spiro atoms. The lowest BCUT2D eigenvalue weighted by Crippen LogP contribution is -2.27. The van der Waals surface area contributed by atoms with Crippen molar-refractivity contribution in [2.75, 3.05) is 5.73 Å². The molecule has 0 aliphatic carbocycles. The molecule has 98 valence electrons. The van der Waals surface area contributed by atoms with Crippen molar-refractivity contribution in [2.24, 2.45) is 0 Å². The normalized spacial score (nSPS) is 11.8. The number of nitrogens with zero attached hydrogens (tertiary/aromatic N) is 1. The topological polar surface area (TPSA) is 68.0 Å². The highest BCUT2D eigenvalue weighted by Crippen LogP contribution is 2.17. The van der Waals surface area contributed by atoms with E-state index in [-0.39, 0.29) is 11.8 Å². The van der Waals surface area contributed by atoms with Gasteiger partial charge in [0.25, 0.3) is 0 Å². The van der Waals surface area contributed by atoms with Gasteiger partial charge in [0.1, 0.15) is 0 Å². The van der Waals surface area contributed by atoms with Crippen LogP contribution in [0.2, 0.25) is 0 Å². The number of carbonyl (C=O) groups is 1. The highest BCUT2D eigenvalue weighted by molar-refractivity contribution is 5.83. The van der Waals surface area contributed by atoms with E-state index in [1.54, 1.807) is 12.4 Å². The largest absolute Gasteiger partial charge is 0.399 e. The van der Waals surface area contributed by atoms with Crippen molar-refractivity contribution in [2.45, 2.75) is 19.4 Å². The summed E-state index contributed by atoms with van der Waals surface area (Å²) in [6, 6.07) is 11.2. The van der Waals surface area contributed by atoms with Crippen molar-refractivity contribution in [3.63, 3.8) is 0 Å². The van der Waals surface area contributed by atoms with Gasteiger partial charge in [-0.2, -0.15) is 0 Å². The van der Waals surface area contributed by atoms with Gasteiger partial charge in [-0.3, -0.25) is 9.78 Å². The van der Waals surface area contributed by atoms with Crippen molar-refractivity contribution in [3.8, 4) is 0 Å². The molecule has 0 saturated heterocycles. The second-order valence-corrected chi connectivity index (χ2v) is 4.47. The predicted octanol–water partition coefficient (Wildman–Crippen LogP) is 2.08. The van der Waals surface area contributed by atoms with E-state index in [0.717, 1.165) is 11.1 Å². The number of carbonyl (C=O) groups excluding carboxylic acids is 1. The van der Waals surface area contributed by atoms with Gasteiger partial charge in [-0.05, 0) is 42.3 Å². The maximum Gasteiger partial charge on any atom is 0.227 e. The van der Waals surface area contributed by atoms with Crippen molar-refractivity contribution in [1.82, 2.24) is 10.3 Å². The number of hydrogen-bond donors (Lipinski definition) is 2. The molecule has 1 unspecified atom stereocenters. The summed E-state index contributed by atoms with van der Waals surface area (Å²) in [6.07, 6.45) is 3.42. The molecule has 4 nitrogen and oxygen atoms in total. The lowest BCUT2D eigenvalue weighted by molar-refractivity contribution is -0.122. The molecule has 0 radical (unpaired) electrons. The van der Waals surface area contributed by atoms with Crippen LogP contribution in [0.25, 0.3) is 0 Å². The first kappa shape index (κ1) is 13.1. The molecule has 0 aliphatic heterocycles. The van der Waals surface area contributed by atoms with Crippen molar-refractivity contribution >= 4 is 11.6 Å². The van der Waals surface area contributed by atoms with Crippen LogP contribution < -0.4 is 11.1 Å². The Morgan fingerprint density at radius 3 is 2.74 bits per heavy atom. The Morgan fingerprint density at radius 2 is 2.05 bits per heavy atom. The van der Waals surface area contributed by atoms with Crippen LogP contribution in [0.5, 0.6) is 0 Å². The number of pyridine rings is 1. The van der Waals surface area contributed by atoms with E-state index >= 15 is 0 Å². The number of nitrogens with one attached hydrogen (secondary N) is 1. The van der Waals surface area contributed by atoms with Gasteiger partial charge in [-0.1, -0.05) is 12.1 Å². The molecule has 4 heteroatoms. The van der Waals surface area contributed by atoms with Crippen LogP contribution in [0.15, 0.2) is 48.8 Å². The lowest BCUT2D eigenvalue weighted by atomic mass is 10.00. The summed E-state index contributed by atoms with van der Waals surface area (Å²) in [4.78, 5) is 16.0. The third-order valence-electron chi connectivity index (χ3n) is 3.02. The lowest BCUT2D eigenvalue weighted by Gasteiger charge is -2.13. The van der Waals surface area contributed by atoms with E-state index in [1.807, 2.05) is 43.3 Å². The summed E-state index contributed by atoms with van der Waals surface area (Å²) in [5.74, 6) is -0.229. The van der Waals surface area contributed by atoms with Gasteiger partial charge < -0.3 is 11.1 Å². The molecule has 1 heterocycles. The average molecular weight is 255 g/mol. The fraction of sp³-hybridized carbons (Fsp3) is 0.200. The molecule has 1 aromatic carbocycles. The molecule has 0 saturated carbocycles. The minimum absolute atomic E-state index is 0.0117. The van der Waals surface area contributed by atoms with Gasteiger partial charge in [0, 0.05) is 24.6 Å². The van der Waals surface area contributed by atoms with Crippen molar-refractivity contribution in [3.05, 3.63) is 59.9 Å². The van der Waals surface area contributed by atoms with Crippen molar-refractivity contribution in [1.29, 1.82) is 0 Å². The third-order valence-corrected chi connectivity index (χ3v) is 3.02. The number of benzene rings is 1. The fourth-order valence-corrected chi connectivity index (χ4v) is 1.82. The van der Waals surface area contributed by atoms with Gasteiger partial charge in [0.05, 0.1) is 5.92 Å². The molecule has 1 amide bonds. The first-order valence-electron chi connectivity index (χ1n) is 6.19. The highest BCUT2D eigenvalue weighted by Gasteiger charge is 2.14. The van der Waals surface area contributed by atoms with E-state index in [0.29, 0.717) is 12.2 Å². The van der Waals surface area contributed by atoms with Crippen LogP contribution in [0, 0.1) is 0 Å². The molecule has 1 aromatic heterocycles. The standard InChI is InChI=1S/C15H17N3O/c1-11(13-3-2-4-14(16)9-13)15(19)18-10-12-5-7-17-8-6-12/h2-9,11H,10,16H2,1H3,(H,18,19). The van der Waals surface area contributed by atoms with Crippen LogP contribution in [0.3, 0.4) is 0 Å². The van der Waals surface area contributed by atoms with Crippen LogP contribution in [-0.2, 0) is 11.3 Å². The molecule has 19 heavy (non-hydrogen) atoms. The van der Waals surface area contributed by atoms with Gasteiger partial charge in [-0.25, -0.2) is 0 Å². The Kier molecular flexibility index (Phi) is 4.13. The van der Waals surface area contributed by atoms with E-state index in [2.05, 4.69) is 10.3 Å². The van der Waals surface area contributed by atoms with Crippen LogP contribution in [-0.4, -0.2) is 10.9 Å². The average Bonchev–Trinajstić information content (AvgIpc) is 2.45. The summed E-state index contributed by atoms with van der Waals surface area (Å²) in [7, 11) is 0. The maximum atomic E-state index is 12.1. The van der Waals surface area contributed by atoms with E-state index < -0.39 is 0 Å². The molecule has 0 bridgehead atoms. The van der Waals surface area contributed by atoms with E-state index in [9.17, 15) is 4.79 Å². The highest BCUT2D eigenvalue weighted by atomic mass is 16.1. The Bertz CT molecular complexity index is 554. The zero-order valence-corrected chi connectivity index (χ0v) is 10.8. The Morgan fingerprint density at radius 1 is 1.32 bits per heavy atom. The number of anilines is 1. The summed E-state index contributed by atoms with van der Waals surface area (Å²) >= 11 is 0. The molecule has 2 aromatic rings. The molecular formula is C15H17N3O. The predicted molar refractivity (Wildman–Crippen MR) is 75.4 cm³/mol. The summed E-state index contributed by atoms with van der Waals surface area (Å²) in [5.41, 5.74) is 8.35. The zero-order valence-electron chi connectivity index (χ0n) is 10.8. The molecule has 1 atom stereocenters. The van der Waals surface area contributed by atoms with Crippen molar-refractivity contribution < 1.29 is 4.79 Å². The monoisotopic (exact) mass is 255 g/mol. The maximum absolute atomic E-state index is 12.1. The minimum atomic E-state index is -0.217. The number of amides is 1. The van der Waals surface area contributed by atoms with Crippen LogP contribution in [0.4, 0.5) is 5.69 Å². The molecule has 2 rings (SSSR count). The van der Waals surface area contributed by atoms with E-state index in [4.69, 9.17) is 5.73 Å². The second-order valence-electron chi connectivity index (χ2n) is 4.47. The Hall–Kier alpha value is -2.36. The van der Waals surface area contributed by atoms with Crippen LogP contribution >= 0.6 is 0 Å². The zero-order chi connectivity index (χ0) is 13.7. The molecule has 0 fully saturated rings. The molecule has 3 N–H and O–H groups in total.